The first-order valence-corrected chi connectivity index (χ1v) is 8.76. The molecule has 1 atom stereocenters. The first-order valence-electron chi connectivity index (χ1n) is 8.76. The maximum atomic E-state index is 12.6. The second kappa shape index (κ2) is 7.53. The van der Waals surface area contributed by atoms with Gasteiger partial charge >= 0.3 is 0 Å². The Labute approximate surface area is 156 Å². The van der Waals surface area contributed by atoms with Crippen molar-refractivity contribution in [2.45, 2.75) is 40.3 Å². The molecule has 0 aliphatic carbocycles. The van der Waals surface area contributed by atoms with Crippen molar-refractivity contribution in [3.63, 3.8) is 0 Å². The molecule has 2 N–H and O–H groups in total. The molecule has 1 unspecified atom stereocenters. The van der Waals surface area contributed by atoms with Crippen molar-refractivity contribution in [3.05, 3.63) is 63.6 Å². The Kier molecular flexibility index (Phi) is 5.16. The van der Waals surface area contributed by atoms with Crippen LogP contribution in [0.3, 0.4) is 0 Å². The molecule has 140 valence electrons. The molecule has 27 heavy (non-hydrogen) atoms. The summed E-state index contributed by atoms with van der Waals surface area (Å²) in [4.78, 5) is 35.8. The molecule has 0 bridgehead atoms. The Morgan fingerprint density at radius 2 is 2.11 bits per heavy atom. The highest BCUT2D eigenvalue weighted by molar-refractivity contribution is 5.93. The molecule has 3 heterocycles. The number of carbonyl (C=O) groups excluding carboxylic acids is 1. The fourth-order valence-corrected chi connectivity index (χ4v) is 3.20. The molecule has 8 nitrogen and oxygen atoms in total. The smallest absolute Gasteiger partial charge is 0.264 e. The van der Waals surface area contributed by atoms with Crippen LogP contribution < -0.4 is 10.9 Å². The number of aryl methyl sites for hydroxylation is 2. The highest BCUT2D eigenvalue weighted by Gasteiger charge is 2.21. The van der Waals surface area contributed by atoms with Gasteiger partial charge in [-0.2, -0.15) is 5.10 Å². The second-order valence-electron chi connectivity index (χ2n) is 6.31. The number of carbonyl (C=O) groups is 1. The number of H-pyrrole nitrogens is 1. The summed E-state index contributed by atoms with van der Waals surface area (Å²) in [5, 5.41) is 7.34. The maximum Gasteiger partial charge on any atom is 0.264 e. The van der Waals surface area contributed by atoms with E-state index in [2.05, 4.69) is 25.4 Å². The molecule has 8 heteroatoms. The lowest BCUT2D eigenvalue weighted by molar-refractivity contribution is 0.0938. The van der Waals surface area contributed by atoms with Crippen molar-refractivity contribution in [2.24, 2.45) is 0 Å². The molecule has 0 aliphatic rings. The zero-order valence-corrected chi connectivity index (χ0v) is 15.8. The average molecular weight is 366 g/mol. The monoisotopic (exact) mass is 366 g/mol. The van der Waals surface area contributed by atoms with Crippen LogP contribution in [-0.4, -0.2) is 30.6 Å². The van der Waals surface area contributed by atoms with E-state index < -0.39 is 11.5 Å². The Hall–Kier alpha value is -3.29. The normalized spacial score (nSPS) is 12.0. The SMILES string of the molecule is CCn1nc(C)c(C(C)NC(=O)c2cnc(-c3cccnc3)[nH]c2=O)c1C. The standard InChI is InChI=1S/C19H22N6O2/c1-5-25-13(4)16(12(3)24-25)11(2)22-18(26)15-10-21-17(23-19(15)27)14-7-6-8-20-9-14/h6-11H,5H2,1-4H3,(H,22,26)(H,21,23,27). The van der Waals surface area contributed by atoms with E-state index in [4.69, 9.17) is 0 Å². The van der Waals surface area contributed by atoms with Crippen LogP contribution in [-0.2, 0) is 6.54 Å². The largest absolute Gasteiger partial charge is 0.345 e. The van der Waals surface area contributed by atoms with Gasteiger partial charge in [0.2, 0.25) is 0 Å². The molecule has 3 aromatic rings. The topological polar surface area (TPSA) is 106 Å². The Morgan fingerprint density at radius 1 is 1.33 bits per heavy atom. The zero-order valence-electron chi connectivity index (χ0n) is 15.8. The van der Waals surface area contributed by atoms with Crippen LogP contribution in [0.2, 0.25) is 0 Å². The molecule has 0 saturated carbocycles. The van der Waals surface area contributed by atoms with E-state index in [0.29, 0.717) is 11.4 Å². The summed E-state index contributed by atoms with van der Waals surface area (Å²) in [6.07, 6.45) is 4.52. The molecular formula is C19H22N6O2. The molecule has 0 radical (unpaired) electrons. The molecule has 0 fully saturated rings. The van der Waals surface area contributed by atoms with E-state index >= 15 is 0 Å². The highest BCUT2D eigenvalue weighted by atomic mass is 16.2. The summed E-state index contributed by atoms with van der Waals surface area (Å²) in [6.45, 7) is 8.53. The summed E-state index contributed by atoms with van der Waals surface area (Å²) in [6, 6.07) is 3.25. The number of amides is 1. The Bertz CT molecular complexity index is 1020. The lowest BCUT2D eigenvalue weighted by Gasteiger charge is -2.15. The molecule has 3 rings (SSSR count). The molecule has 0 spiro atoms. The number of nitrogens with zero attached hydrogens (tertiary/aromatic N) is 4. The summed E-state index contributed by atoms with van der Waals surface area (Å²) >= 11 is 0. The third-order valence-electron chi connectivity index (χ3n) is 4.50. The van der Waals surface area contributed by atoms with E-state index in [1.54, 1.807) is 24.5 Å². The first kappa shape index (κ1) is 18.5. The van der Waals surface area contributed by atoms with Gasteiger partial charge in [0.15, 0.2) is 0 Å². The second-order valence-corrected chi connectivity index (χ2v) is 6.31. The number of aromatic nitrogens is 5. The quantitative estimate of drug-likeness (QED) is 0.720. The van der Waals surface area contributed by atoms with E-state index in [9.17, 15) is 9.59 Å². The molecule has 0 aliphatic heterocycles. The molecule has 0 saturated heterocycles. The van der Waals surface area contributed by atoms with Crippen molar-refractivity contribution in [2.75, 3.05) is 0 Å². The van der Waals surface area contributed by atoms with Gasteiger partial charge < -0.3 is 10.3 Å². The fraction of sp³-hybridized carbons (Fsp3) is 0.316. The van der Waals surface area contributed by atoms with E-state index in [0.717, 1.165) is 23.5 Å². The number of hydrogen-bond donors (Lipinski definition) is 2. The number of rotatable bonds is 5. The molecule has 3 aromatic heterocycles. The van der Waals surface area contributed by atoms with Crippen LogP contribution >= 0.6 is 0 Å². The minimum Gasteiger partial charge on any atom is -0.345 e. The summed E-state index contributed by atoms with van der Waals surface area (Å²) < 4.78 is 1.89. The fourth-order valence-electron chi connectivity index (χ4n) is 3.20. The van der Waals surface area contributed by atoms with Crippen LogP contribution in [0.4, 0.5) is 0 Å². The predicted molar refractivity (Wildman–Crippen MR) is 101 cm³/mol. The highest BCUT2D eigenvalue weighted by Crippen LogP contribution is 2.21. The van der Waals surface area contributed by atoms with Gasteiger partial charge in [0.25, 0.3) is 11.5 Å². The van der Waals surface area contributed by atoms with Crippen molar-refractivity contribution < 1.29 is 4.79 Å². The maximum absolute atomic E-state index is 12.6. The van der Waals surface area contributed by atoms with Crippen molar-refractivity contribution >= 4 is 5.91 Å². The predicted octanol–water partition coefficient (Wildman–Crippen LogP) is 2.16. The van der Waals surface area contributed by atoms with Crippen molar-refractivity contribution in [1.82, 2.24) is 30.0 Å². The molecule has 0 aromatic carbocycles. The third kappa shape index (κ3) is 3.64. The average Bonchev–Trinajstić information content (AvgIpc) is 2.95. The minimum atomic E-state index is -0.494. The third-order valence-corrected chi connectivity index (χ3v) is 4.50. The van der Waals surface area contributed by atoms with Crippen LogP contribution in [0.5, 0.6) is 0 Å². The summed E-state index contributed by atoms with van der Waals surface area (Å²) in [7, 11) is 0. The number of hydrogen-bond acceptors (Lipinski definition) is 5. The first-order chi connectivity index (χ1) is 12.9. The summed E-state index contributed by atoms with van der Waals surface area (Å²) in [5.41, 5.74) is 2.97. The number of nitrogens with one attached hydrogen (secondary N) is 2. The van der Waals surface area contributed by atoms with E-state index in [1.807, 2.05) is 32.4 Å². The van der Waals surface area contributed by atoms with Gasteiger partial charge in [0.05, 0.1) is 11.7 Å². The lowest BCUT2D eigenvalue weighted by atomic mass is 10.1. The van der Waals surface area contributed by atoms with Crippen LogP contribution in [0.25, 0.3) is 11.4 Å². The van der Waals surface area contributed by atoms with Crippen molar-refractivity contribution in [1.29, 1.82) is 0 Å². The number of pyridine rings is 1. The van der Waals surface area contributed by atoms with E-state index in [-0.39, 0.29) is 11.6 Å². The van der Waals surface area contributed by atoms with Gasteiger partial charge in [-0.05, 0) is 39.8 Å². The zero-order chi connectivity index (χ0) is 19.6. The summed E-state index contributed by atoms with van der Waals surface area (Å²) in [5.74, 6) is -0.106. The Balaban J connectivity index is 1.82. The van der Waals surface area contributed by atoms with Crippen molar-refractivity contribution in [3.8, 4) is 11.4 Å². The van der Waals surface area contributed by atoms with Crippen LogP contribution in [0.1, 0.15) is 47.2 Å². The molecule has 1 amide bonds. The van der Waals surface area contributed by atoms with Gasteiger partial charge in [-0.15, -0.1) is 0 Å². The van der Waals surface area contributed by atoms with Gasteiger partial charge in [0, 0.05) is 42.0 Å². The van der Waals surface area contributed by atoms with Gasteiger partial charge in [-0.3, -0.25) is 19.3 Å². The van der Waals surface area contributed by atoms with Gasteiger partial charge in [-0.25, -0.2) is 4.98 Å². The van der Waals surface area contributed by atoms with Crippen LogP contribution in [0.15, 0.2) is 35.5 Å². The van der Waals surface area contributed by atoms with Crippen LogP contribution in [0, 0.1) is 13.8 Å². The molecular weight excluding hydrogens is 344 g/mol. The minimum absolute atomic E-state index is 0.0346. The number of aromatic amines is 1. The van der Waals surface area contributed by atoms with Gasteiger partial charge in [-0.1, -0.05) is 0 Å². The lowest BCUT2D eigenvalue weighted by Crippen LogP contribution is -2.32. The Morgan fingerprint density at radius 3 is 2.70 bits per heavy atom. The van der Waals surface area contributed by atoms with E-state index in [1.165, 1.54) is 6.20 Å². The van der Waals surface area contributed by atoms with Gasteiger partial charge in [0.1, 0.15) is 11.4 Å².